The first kappa shape index (κ1) is 11.9. The first-order valence-electron chi connectivity index (χ1n) is 4.65. The van der Waals surface area contributed by atoms with Crippen molar-refractivity contribution in [2.75, 3.05) is 20.8 Å². The number of ether oxygens (including phenoxy) is 3. The van der Waals surface area contributed by atoms with E-state index in [9.17, 15) is 5.11 Å². The molecule has 1 saturated heterocycles. The maximum Gasteiger partial charge on any atom is 0.114 e. The first-order valence-corrected chi connectivity index (χ1v) is 4.65. The summed E-state index contributed by atoms with van der Waals surface area (Å²) in [6, 6.07) is 0. The van der Waals surface area contributed by atoms with E-state index < -0.39 is 24.4 Å². The highest BCUT2D eigenvalue weighted by Gasteiger charge is 2.43. The van der Waals surface area contributed by atoms with E-state index >= 15 is 0 Å². The summed E-state index contributed by atoms with van der Waals surface area (Å²) in [5.41, 5.74) is 0. The fourth-order valence-corrected chi connectivity index (χ4v) is 1.81. The number of aliphatic hydroxyl groups is 2. The van der Waals surface area contributed by atoms with Crippen molar-refractivity contribution in [3.8, 4) is 0 Å². The quantitative estimate of drug-likeness (QED) is 0.630. The SMILES string of the molecule is COC1C(CO)OC(C)C(O)C1OC. The van der Waals surface area contributed by atoms with Crippen molar-refractivity contribution in [3.05, 3.63) is 0 Å². The van der Waals surface area contributed by atoms with E-state index in [2.05, 4.69) is 0 Å². The molecule has 14 heavy (non-hydrogen) atoms. The number of rotatable bonds is 3. The average molecular weight is 206 g/mol. The predicted molar refractivity (Wildman–Crippen MR) is 49.0 cm³/mol. The van der Waals surface area contributed by atoms with Gasteiger partial charge in [0.05, 0.1) is 12.7 Å². The van der Waals surface area contributed by atoms with Crippen LogP contribution in [0.2, 0.25) is 0 Å². The maximum absolute atomic E-state index is 9.74. The van der Waals surface area contributed by atoms with Crippen LogP contribution in [0.3, 0.4) is 0 Å². The first-order chi connectivity index (χ1) is 6.65. The van der Waals surface area contributed by atoms with Gasteiger partial charge in [-0.1, -0.05) is 0 Å². The van der Waals surface area contributed by atoms with Gasteiger partial charge in [0.25, 0.3) is 0 Å². The third kappa shape index (κ3) is 2.07. The van der Waals surface area contributed by atoms with E-state index in [1.807, 2.05) is 0 Å². The normalized spacial score (nSPS) is 43.9. The van der Waals surface area contributed by atoms with Crippen LogP contribution in [0.5, 0.6) is 0 Å². The van der Waals surface area contributed by atoms with Crippen molar-refractivity contribution in [3.63, 3.8) is 0 Å². The lowest BCUT2D eigenvalue weighted by atomic mass is 9.95. The zero-order valence-electron chi connectivity index (χ0n) is 8.71. The Hall–Kier alpha value is -0.200. The van der Waals surface area contributed by atoms with Crippen LogP contribution in [-0.4, -0.2) is 61.6 Å². The van der Waals surface area contributed by atoms with Crippen molar-refractivity contribution >= 4 is 0 Å². The molecule has 0 bridgehead atoms. The third-order valence-electron chi connectivity index (χ3n) is 2.62. The molecule has 0 amide bonds. The van der Waals surface area contributed by atoms with E-state index in [0.717, 1.165) is 0 Å². The summed E-state index contributed by atoms with van der Waals surface area (Å²) in [5, 5.41) is 18.8. The van der Waals surface area contributed by atoms with Crippen LogP contribution in [0.4, 0.5) is 0 Å². The summed E-state index contributed by atoms with van der Waals surface area (Å²) >= 11 is 0. The molecule has 0 aromatic heterocycles. The van der Waals surface area contributed by atoms with Gasteiger partial charge in [0.1, 0.15) is 24.4 Å². The lowest BCUT2D eigenvalue weighted by Gasteiger charge is -2.42. The molecule has 1 rings (SSSR count). The number of aliphatic hydroxyl groups excluding tert-OH is 2. The molecule has 84 valence electrons. The third-order valence-corrected chi connectivity index (χ3v) is 2.62. The topological polar surface area (TPSA) is 68.2 Å². The van der Waals surface area contributed by atoms with Gasteiger partial charge < -0.3 is 24.4 Å². The van der Waals surface area contributed by atoms with Crippen LogP contribution in [0.15, 0.2) is 0 Å². The Kier molecular flexibility index (Phi) is 4.28. The van der Waals surface area contributed by atoms with Gasteiger partial charge in [-0.2, -0.15) is 0 Å². The molecule has 2 N–H and O–H groups in total. The van der Waals surface area contributed by atoms with Gasteiger partial charge in [-0.05, 0) is 6.92 Å². The summed E-state index contributed by atoms with van der Waals surface area (Å²) in [6.07, 6.45) is -2.42. The monoisotopic (exact) mass is 206 g/mol. The molecule has 0 aromatic rings. The van der Waals surface area contributed by atoms with Crippen molar-refractivity contribution in [1.29, 1.82) is 0 Å². The molecule has 5 nitrogen and oxygen atoms in total. The molecule has 0 radical (unpaired) electrons. The largest absolute Gasteiger partial charge is 0.394 e. The second kappa shape index (κ2) is 5.04. The molecule has 5 unspecified atom stereocenters. The summed E-state index contributed by atoms with van der Waals surface area (Å²) in [5.74, 6) is 0. The van der Waals surface area contributed by atoms with Crippen LogP contribution in [0.25, 0.3) is 0 Å². The Morgan fingerprint density at radius 1 is 1.21 bits per heavy atom. The summed E-state index contributed by atoms with van der Waals surface area (Å²) < 4.78 is 15.7. The second-order valence-corrected chi connectivity index (χ2v) is 3.45. The number of methoxy groups -OCH3 is 2. The highest BCUT2D eigenvalue weighted by molar-refractivity contribution is 4.92. The number of hydrogen-bond acceptors (Lipinski definition) is 5. The summed E-state index contributed by atoms with van der Waals surface area (Å²) in [7, 11) is 3.01. The molecule has 5 heteroatoms. The molecule has 0 spiro atoms. The standard InChI is InChI=1S/C9H18O5/c1-5-7(11)9(13-3)8(12-2)6(4-10)14-5/h5-11H,4H2,1-3H3. The minimum absolute atomic E-state index is 0.143. The van der Waals surface area contributed by atoms with E-state index in [-0.39, 0.29) is 12.7 Å². The molecular weight excluding hydrogens is 188 g/mol. The van der Waals surface area contributed by atoms with Gasteiger partial charge in [0, 0.05) is 14.2 Å². The molecule has 1 heterocycles. The fourth-order valence-electron chi connectivity index (χ4n) is 1.81. The Morgan fingerprint density at radius 3 is 2.21 bits per heavy atom. The summed E-state index contributed by atoms with van der Waals surface area (Å²) in [4.78, 5) is 0. The highest BCUT2D eigenvalue weighted by Crippen LogP contribution is 2.24. The smallest absolute Gasteiger partial charge is 0.114 e. The minimum Gasteiger partial charge on any atom is -0.394 e. The van der Waals surface area contributed by atoms with Crippen molar-refractivity contribution in [1.82, 2.24) is 0 Å². The minimum atomic E-state index is -0.729. The molecule has 0 aliphatic carbocycles. The van der Waals surface area contributed by atoms with Crippen LogP contribution in [0.1, 0.15) is 6.92 Å². The molecule has 1 fully saturated rings. The zero-order valence-corrected chi connectivity index (χ0v) is 8.71. The van der Waals surface area contributed by atoms with Crippen LogP contribution in [0, 0.1) is 0 Å². The molecule has 1 aliphatic rings. The van der Waals surface area contributed by atoms with Gasteiger partial charge in [-0.3, -0.25) is 0 Å². The van der Waals surface area contributed by atoms with E-state index in [4.69, 9.17) is 19.3 Å². The molecule has 0 aromatic carbocycles. The van der Waals surface area contributed by atoms with Gasteiger partial charge in [-0.25, -0.2) is 0 Å². The highest BCUT2D eigenvalue weighted by atomic mass is 16.6. The predicted octanol–water partition coefficient (Wildman–Crippen LogP) is -0.843. The van der Waals surface area contributed by atoms with Crippen molar-refractivity contribution in [2.24, 2.45) is 0 Å². The maximum atomic E-state index is 9.74. The molecular formula is C9H18O5. The van der Waals surface area contributed by atoms with E-state index in [0.29, 0.717) is 0 Å². The zero-order chi connectivity index (χ0) is 10.7. The Labute approximate surface area is 83.6 Å². The van der Waals surface area contributed by atoms with Crippen molar-refractivity contribution in [2.45, 2.75) is 37.4 Å². The number of hydrogen-bond donors (Lipinski definition) is 2. The van der Waals surface area contributed by atoms with E-state index in [1.165, 1.54) is 14.2 Å². The molecule has 1 aliphatic heterocycles. The lowest BCUT2D eigenvalue weighted by molar-refractivity contribution is -0.237. The Morgan fingerprint density at radius 2 is 1.79 bits per heavy atom. The Bertz CT molecular complexity index is 171. The van der Waals surface area contributed by atoms with Gasteiger partial charge in [-0.15, -0.1) is 0 Å². The second-order valence-electron chi connectivity index (χ2n) is 3.45. The van der Waals surface area contributed by atoms with E-state index in [1.54, 1.807) is 6.92 Å². The van der Waals surface area contributed by atoms with Crippen LogP contribution >= 0.6 is 0 Å². The van der Waals surface area contributed by atoms with Crippen LogP contribution < -0.4 is 0 Å². The van der Waals surface area contributed by atoms with Crippen molar-refractivity contribution < 1.29 is 24.4 Å². The van der Waals surface area contributed by atoms with Crippen LogP contribution in [-0.2, 0) is 14.2 Å². The lowest BCUT2D eigenvalue weighted by Crippen LogP contribution is -2.59. The molecule has 0 saturated carbocycles. The van der Waals surface area contributed by atoms with Gasteiger partial charge >= 0.3 is 0 Å². The average Bonchev–Trinajstić information content (AvgIpc) is 2.20. The van der Waals surface area contributed by atoms with Gasteiger partial charge in [0.2, 0.25) is 0 Å². The summed E-state index contributed by atoms with van der Waals surface area (Å²) in [6.45, 7) is 1.60. The molecule has 5 atom stereocenters. The van der Waals surface area contributed by atoms with Gasteiger partial charge in [0.15, 0.2) is 0 Å². The Balaban J connectivity index is 2.75. The fraction of sp³-hybridized carbons (Fsp3) is 1.00.